The summed E-state index contributed by atoms with van der Waals surface area (Å²) in [5.74, 6) is 0.700. The SMILES string of the molecule is Cc1cc(C)c(-n2ccnc2-c2c(C(C)(C)C)ccc3c2CCCN3C(F)(F)F)c(C)c1. The third-order valence-electron chi connectivity index (χ3n) is 6.24. The van der Waals surface area contributed by atoms with E-state index in [1.807, 2.05) is 16.8 Å². The van der Waals surface area contributed by atoms with Crippen molar-refractivity contribution in [2.24, 2.45) is 0 Å². The van der Waals surface area contributed by atoms with Gasteiger partial charge >= 0.3 is 6.30 Å². The van der Waals surface area contributed by atoms with Crippen LogP contribution in [0.1, 0.15) is 55.0 Å². The van der Waals surface area contributed by atoms with Crippen molar-refractivity contribution < 1.29 is 13.2 Å². The molecular weight excluding hydrogens is 411 g/mol. The molecule has 0 unspecified atom stereocenters. The first-order valence-electron chi connectivity index (χ1n) is 11.0. The summed E-state index contributed by atoms with van der Waals surface area (Å²) in [6.45, 7) is 12.5. The molecule has 3 aromatic rings. The zero-order valence-corrected chi connectivity index (χ0v) is 19.6. The molecule has 0 radical (unpaired) electrons. The van der Waals surface area contributed by atoms with Crippen molar-refractivity contribution in [2.45, 2.75) is 66.1 Å². The van der Waals surface area contributed by atoms with Gasteiger partial charge in [-0.25, -0.2) is 4.98 Å². The van der Waals surface area contributed by atoms with Crippen LogP contribution in [-0.4, -0.2) is 22.4 Å². The number of nitrogens with zero attached hydrogens (tertiary/aromatic N) is 3. The smallest absolute Gasteiger partial charge is 0.299 e. The lowest BCUT2D eigenvalue weighted by Crippen LogP contribution is -2.41. The molecule has 0 spiro atoms. The van der Waals surface area contributed by atoms with Crippen molar-refractivity contribution in [2.75, 3.05) is 11.4 Å². The summed E-state index contributed by atoms with van der Waals surface area (Å²) in [7, 11) is 0. The van der Waals surface area contributed by atoms with Crippen molar-refractivity contribution in [1.82, 2.24) is 9.55 Å². The van der Waals surface area contributed by atoms with E-state index in [1.54, 1.807) is 12.3 Å². The third-order valence-corrected chi connectivity index (χ3v) is 6.24. The van der Waals surface area contributed by atoms with Gasteiger partial charge in [0.25, 0.3) is 0 Å². The first-order valence-corrected chi connectivity index (χ1v) is 11.0. The molecule has 0 amide bonds. The van der Waals surface area contributed by atoms with Crippen LogP contribution in [0.2, 0.25) is 0 Å². The van der Waals surface area contributed by atoms with Crippen LogP contribution in [0, 0.1) is 20.8 Å². The molecule has 6 heteroatoms. The number of hydrogen-bond acceptors (Lipinski definition) is 2. The zero-order chi connectivity index (χ0) is 23.4. The van der Waals surface area contributed by atoms with E-state index in [0.29, 0.717) is 23.6 Å². The molecule has 1 aliphatic rings. The Morgan fingerprint density at radius 1 is 0.969 bits per heavy atom. The highest BCUT2D eigenvalue weighted by molar-refractivity contribution is 5.77. The quantitative estimate of drug-likeness (QED) is 0.398. The van der Waals surface area contributed by atoms with Gasteiger partial charge in [-0.3, -0.25) is 9.47 Å². The highest BCUT2D eigenvalue weighted by Crippen LogP contribution is 2.44. The molecule has 3 nitrogen and oxygen atoms in total. The van der Waals surface area contributed by atoms with Crippen LogP contribution in [0.4, 0.5) is 18.9 Å². The Balaban J connectivity index is 2.03. The van der Waals surface area contributed by atoms with Crippen molar-refractivity contribution >= 4 is 5.69 Å². The van der Waals surface area contributed by atoms with Gasteiger partial charge in [0, 0.05) is 30.2 Å². The molecule has 4 rings (SSSR count). The van der Waals surface area contributed by atoms with Gasteiger partial charge in [-0.1, -0.05) is 44.5 Å². The normalized spacial score (nSPS) is 14.6. The van der Waals surface area contributed by atoms with E-state index in [9.17, 15) is 13.2 Å². The minimum Gasteiger partial charge on any atom is -0.299 e. The monoisotopic (exact) mass is 441 g/mol. The van der Waals surface area contributed by atoms with E-state index >= 15 is 0 Å². The van der Waals surface area contributed by atoms with Crippen LogP contribution < -0.4 is 4.90 Å². The van der Waals surface area contributed by atoms with Crippen molar-refractivity contribution in [3.63, 3.8) is 0 Å². The first-order chi connectivity index (χ1) is 14.9. The molecule has 32 heavy (non-hydrogen) atoms. The zero-order valence-electron chi connectivity index (χ0n) is 19.6. The molecule has 1 aliphatic heterocycles. The summed E-state index contributed by atoms with van der Waals surface area (Å²) < 4.78 is 43.5. The molecule has 0 saturated carbocycles. The van der Waals surface area contributed by atoms with Gasteiger partial charge in [-0.15, -0.1) is 0 Å². The molecular formula is C26H30F3N3. The van der Waals surface area contributed by atoms with Crippen LogP contribution in [0.25, 0.3) is 17.1 Å². The van der Waals surface area contributed by atoms with E-state index in [2.05, 4.69) is 53.7 Å². The van der Waals surface area contributed by atoms with Crippen LogP contribution in [0.5, 0.6) is 0 Å². The molecule has 0 saturated heterocycles. The second-order valence-corrected chi connectivity index (χ2v) is 9.83. The highest BCUT2D eigenvalue weighted by Gasteiger charge is 2.41. The number of alkyl halides is 3. The summed E-state index contributed by atoms with van der Waals surface area (Å²) in [6.07, 6.45) is 0.298. The lowest BCUT2D eigenvalue weighted by Gasteiger charge is -2.36. The molecule has 0 bridgehead atoms. The van der Waals surface area contributed by atoms with Gasteiger partial charge in [0.15, 0.2) is 0 Å². The number of imidazole rings is 1. The second-order valence-electron chi connectivity index (χ2n) is 9.83. The highest BCUT2D eigenvalue weighted by atomic mass is 19.4. The van der Waals surface area contributed by atoms with E-state index in [4.69, 9.17) is 4.98 Å². The number of benzene rings is 2. The summed E-state index contributed by atoms with van der Waals surface area (Å²) in [5, 5.41) is 0. The molecule has 2 aromatic carbocycles. The van der Waals surface area contributed by atoms with Crippen molar-refractivity contribution in [3.8, 4) is 17.1 Å². The predicted octanol–water partition coefficient (Wildman–Crippen LogP) is 7.03. The minimum atomic E-state index is -4.41. The third kappa shape index (κ3) is 3.80. The molecule has 0 fully saturated rings. The second kappa shape index (κ2) is 7.68. The molecule has 0 N–H and O–H groups in total. The van der Waals surface area contributed by atoms with Crippen molar-refractivity contribution in [3.05, 3.63) is 64.5 Å². The number of rotatable bonds is 2. The van der Waals surface area contributed by atoms with Gasteiger partial charge in [0.05, 0.1) is 5.69 Å². The minimum absolute atomic E-state index is 0.0184. The Morgan fingerprint density at radius 3 is 2.22 bits per heavy atom. The van der Waals surface area contributed by atoms with Crippen LogP contribution in [0.3, 0.4) is 0 Å². The average Bonchev–Trinajstić information content (AvgIpc) is 3.13. The molecule has 0 aliphatic carbocycles. The van der Waals surface area contributed by atoms with Crippen molar-refractivity contribution in [1.29, 1.82) is 0 Å². The fourth-order valence-corrected chi connectivity index (χ4v) is 5.04. The van der Waals surface area contributed by atoms with Crippen LogP contribution in [-0.2, 0) is 11.8 Å². The van der Waals surface area contributed by atoms with Gasteiger partial charge < -0.3 is 0 Å². The Hall–Kier alpha value is -2.76. The maximum atomic E-state index is 13.8. The van der Waals surface area contributed by atoms with Crippen LogP contribution in [0.15, 0.2) is 36.7 Å². The fourth-order valence-electron chi connectivity index (χ4n) is 5.04. The van der Waals surface area contributed by atoms with Crippen LogP contribution >= 0.6 is 0 Å². The maximum absolute atomic E-state index is 13.8. The number of aromatic nitrogens is 2. The molecule has 170 valence electrons. The number of fused-ring (bicyclic) bond motifs is 1. The predicted molar refractivity (Wildman–Crippen MR) is 124 cm³/mol. The Morgan fingerprint density at radius 2 is 1.62 bits per heavy atom. The standard InChI is InChI=1S/C26H30F3N3/c1-16-14-17(2)23(18(3)15-16)31-13-11-30-24(31)22-19-8-7-12-32(26(27,28)29)21(19)10-9-20(22)25(4,5)6/h9-11,13-15H,7-8,12H2,1-6H3. The Kier molecular flexibility index (Phi) is 5.38. The largest absolute Gasteiger partial charge is 0.484 e. The Bertz CT molecular complexity index is 1140. The average molecular weight is 442 g/mol. The fraction of sp³-hybridized carbons (Fsp3) is 0.423. The Labute approximate surface area is 187 Å². The molecule has 1 aromatic heterocycles. The van der Waals surface area contributed by atoms with E-state index in [1.165, 1.54) is 5.56 Å². The number of halogens is 3. The van der Waals surface area contributed by atoms with Gasteiger partial charge in [0.1, 0.15) is 5.82 Å². The summed E-state index contributed by atoms with van der Waals surface area (Å²) >= 11 is 0. The number of hydrogen-bond donors (Lipinski definition) is 0. The number of anilines is 1. The summed E-state index contributed by atoms with van der Waals surface area (Å²) in [4.78, 5) is 5.28. The maximum Gasteiger partial charge on any atom is 0.484 e. The topological polar surface area (TPSA) is 21.1 Å². The van der Waals surface area contributed by atoms with E-state index in [0.717, 1.165) is 33.5 Å². The summed E-state index contributed by atoms with van der Waals surface area (Å²) in [6, 6.07) is 7.75. The first kappa shape index (κ1) is 22.4. The lowest BCUT2D eigenvalue weighted by atomic mass is 9.79. The summed E-state index contributed by atoms with van der Waals surface area (Å²) in [5.41, 5.74) is 7.00. The van der Waals surface area contributed by atoms with Gasteiger partial charge in [0.2, 0.25) is 0 Å². The molecule has 2 heterocycles. The molecule has 0 atom stereocenters. The number of aryl methyl sites for hydroxylation is 3. The van der Waals surface area contributed by atoms with Gasteiger partial charge in [-0.05, 0) is 67.3 Å². The van der Waals surface area contributed by atoms with E-state index < -0.39 is 6.30 Å². The lowest BCUT2D eigenvalue weighted by molar-refractivity contribution is -0.130. The van der Waals surface area contributed by atoms with Gasteiger partial charge in [-0.2, -0.15) is 13.2 Å². The van der Waals surface area contributed by atoms with E-state index in [-0.39, 0.29) is 17.6 Å².